The van der Waals surface area contributed by atoms with Crippen molar-refractivity contribution in [2.45, 2.75) is 12.5 Å². The molecule has 7 nitrogen and oxygen atoms in total. The number of aliphatic hydroxyl groups excluding tert-OH is 1. The fraction of sp³-hybridized carbons (Fsp3) is 0.120. The lowest BCUT2D eigenvalue weighted by atomic mass is 9.95. The maximum Gasteiger partial charge on any atom is 0.295 e. The van der Waals surface area contributed by atoms with Crippen molar-refractivity contribution in [2.75, 3.05) is 6.54 Å². The van der Waals surface area contributed by atoms with E-state index in [-0.39, 0.29) is 23.6 Å². The first-order valence-electron chi connectivity index (χ1n) is 10.2. The molecule has 0 saturated carbocycles. The first-order valence-corrected chi connectivity index (χ1v) is 11.0. The van der Waals surface area contributed by atoms with Gasteiger partial charge in [-0.1, -0.05) is 58.4 Å². The van der Waals surface area contributed by atoms with Crippen molar-refractivity contribution in [1.29, 1.82) is 0 Å². The molecule has 0 radical (unpaired) electrons. The van der Waals surface area contributed by atoms with E-state index >= 15 is 0 Å². The Morgan fingerprint density at radius 1 is 0.970 bits per heavy atom. The smallest absolute Gasteiger partial charge is 0.295 e. The van der Waals surface area contributed by atoms with E-state index in [2.05, 4.69) is 15.9 Å². The molecule has 4 rings (SSSR count). The van der Waals surface area contributed by atoms with Gasteiger partial charge in [0.1, 0.15) is 5.76 Å². The Morgan fingerprint density at radius 3 is 2.21 bits per heavy atom. The summed E-state index contributed by atoms with van der Waals surface area (Å²) in [6.07, 6.45) is 0.510. The predicted molar refractivity (Wildman–Crippen MR) is 126 cm³/mol. The molecule has 1 unspecified atom stereocenters. The van der Waals surface area contributed by atoms with Crippen LogP contribution in [0.25, 0.3) is 5.76 Å². The minimum Gasteiger partial charge on any atom is -0.507 e. The SMILES string of the molecule is O=C1C(=O)N(CCc2ccccc2)C(c2ccc([N+](=O)[O-])cc2)/C1=C(/O)c1ccc(Br)cc1. The minimum absolute atomic E-state index is 0.0377. The summed E-state index contributed by atoms with van der Waals surface area (Å²) in [6.45, 7) is 0.243. The van der Waals surface area contributed by atoms with Crippen molar-refractivity contribution in [3.05, 3.63) is 116 Å². The summed E-state index contributed by atoms with van der Waals surface area (Å²) in [5.74, 6) is -1.79. The highest BCUT2D eigenvalue weighted by Gasteiger charge is 2.45. The van der Waals surface area contributed by atoms with Crippen molar-refractivity contribution in [2.24, 2.45) is 0 Å². The van der Waals surface area contributed by atoms with E-state index in [1.54, 1.807) is 24.3 Å². The number of halogens is 1. The van der Waals surface area contributed by atoms with Gasteiger partial charge in [-0.3, -0.25) is 19.7 Å². The van der Waals surface area contributed by atoms with E-state index in [0.717, 1.165) is 10.0 Å². The molecule has 1 amide bonds. The molecule has 3 aromatic rings. The summed E-state index contributed by atoms with van der Waals surface area (Å²) >= 11 is 3.34. The number of carbonyl (C=O) groups excluding carboxylic acids is 2. The number of nitro benzene ring substituents is 1. The monoisotopic (exact) mass is 506 g/mol. The molecule has 1 heterocycles. The van der Waals surface area contributed by atoms with E-state index in [1.165, 1.54) is 29.2 Å². The molecule has 1 atom stereocenters. The average molecular weight is 507 g/mol. The zero-order valence-corrected chi connectivity index (χ0v) is 18.9. The minimum atomic E-state index is -0.863. The van der Waals surface area contributed by atoms with Crippen LogP contribution in [-0.4, -0.2) is 33.2 Å². The Bertz CT molecular complexity index is 1240. The Labute approximate surface area is 198 Å². The lowest BCUT2D eigenvalue weighted by Gasteiger charge is -2.25. The zero-order chi connectivity index (χ0) is 23.5. The number of non-ortho nitro benzene ring substituents is 1. The van der Waals surface area contributed by atoms with Gasteiger partial charge in [-0.2, -0.15) is 0 Å². The Balaban J connectivity index is 1.79. The van der Waals surface area contributed by atoms with Gasteiger partial charge in [0.05, 0.1) is 16.5 Å². The molecule has 1 aliphatic heterocycles. The molecule has 1 N–H and O–H groups in total. The number of aliphatic hydroxyl groups is 1. The number of nitro groups is 1. The predicted octanol–water partition coefficient (Wildman–Crippen LogP) is 5.02. The number of nitrogens with zero attached hydrogens (tertiary/aromatic N) is 2. The number of likely N-dealkylation sites (tertiary alicyclic amines) is 1. The zero-order valence-electron chi connectivity index (χ0n) is 17.3. The van der Waals surface area contributed by atoms with E-state index in [1.807, 2.05) is 30.3 Å². The van der Waals surface area contributed by atoms with Gasteiger partial charge in [0.25, 0.3) is 17.4 Å². The number of carbonyl (C=O) groups is 2. The first kappa shape index (κ1) is 22.4. The number of hydrogen-bond acceptors (Lipinski definition) is 5. The largest absolute Gasteiger partial charge is 0.507 e. The maximum absolute atomic E-state index is 13.0. The van der Waals surface area contributed by atoms with Crippen LogP contribution < -0.4 is 0 Å². The fourth-order valence-corrected chi connectivity index (χ4v) is 4.16. The highest BCUT2D eigenvalue weighted by molar-refractivity contribution is 9.10. The molecular weight excluding hydrogens is 488 g/mol. The molecular formula is C25H19BrN2O5. The normalized spacial score (nSPS) is 17.4. The third-order valence-electron chi connectivity index (χ3n) is 5.56. The maximum atomic E-state index is 13.0. The number of Topliss-reactive ketones (excluding diaryl/α,β-unsaturated/α-hetero) is 1. The van der Waals surface area contributed by atoms with E-state index in [9.17, 15) is 24.8 Å². The molecule has 3 aromatic carbocycles. The Morgan fingerprint density at radius 2 is 1.61 bits per heavy atom. The summed E-state index contributed by atoms with van der Waals surface area (Å²) in [6, 6.07) is 21.1. The quantitative estimate of drug-likeness (QED) is 0.166. The first-order chi connectivity index (χ1) is 15.9. The van der Waals surface area contributed by atoms with Crippen LogP contribution in [0.15, 0.2) is 88.9 Å². The van der Waals surface area contributed by atoms with Crippen LogP contribution in [0.3, 0.4) is 0 Å². The summed E-state index contributed by atoms with van der Waals surface area (Å²) < 4.78 is 0.800. The number of rotatable bonds is 6. The second kappa shape index (κ2) is 9.38. The van der Waals surface area contributed by atoms with Crippen LogP contribution in [-0.2, 0) is 16.0 Å². The third-order valence-corrected chi connectivity index (χ3v) is 6.09. The second-order valence-electron chi connectivity index (χ2n) is 7.58. The van der Waals surface area contributed by atoms with Gasteiger partial charge in [-0.05, 0) is 41.8 Å². The number of hydrogen-bond donors (Lipinski definition) is 1. The number of amides is 1. The van der Waals surface area contributed by atoms with Crippen molar-refractivity contribution in [1.82, 2.24) is 4.90 Å². The molecule has 1 saturated heterocycles. The summed E-state index contributed by atoms with van der Waals surface area (Å²) in [5, 5.41) is 22.1. The van der Waals surface area contributed by atoms with Gasteiger partial charge in [-0.25, -0.2) is 0 Å². The summed E-state index contributed by atoms with van der Waals surface area (Å²) in [4.78, 5) is 38.0. The number of benzene rings is 3. The van der Waals surface area contributed by atoms with Gasteiger partial charge in [0.2, 0.25) is 0 Å². The third kappa shape index (κ3) is 4.56. The average Bonchev–Trinajstić information content (AvgIpc) is 3.08. The van der Waals surface area contributed by atoms with Gasteiger partial charge in [0, 0.05) is 28.7 Å². The molecule has 1 aliphatic rings. The van der Waals surface area contributed by atoms with Crippen LogP contribution in [0, 0.1) is 10.1 Å². The highest BCUT2D eigenvalue weighted by Crippen LogP contribution is 2.40. The van der Waals surface area contributed by atoms with Crippen molar-refractivity contribution >= 4 is 39.1 Å². The van der Waals surface area contributed by atoms with Crippen LogP contribution >= 0.6 is 15.9 Å². The van der Waals surface area contributed by atoms with Crippen LogP contribution in [0.2, 0.25) is 0 Å². The molecule has 0 spiro atoms. The summed E-state index contributed by atoms with van der Waals surface area (Å²) in [5.41, 5.74) is 1.75. The van der Waals surface area contributed by atoms with E-state index in [4.69, 9.17) is 0 Å². The standard InChI is InChI=1S/C25H19BrN2O5/c26-19-10-6-18(7-11-19)23(29)21-22(17-8-12-20(13-9-17)28(32)33)27(25(31)24(21)30)15-14-16-4-2-1-3-5-16/h1-13,22,29H,14-15H2/b23-21-. The topological polar surface area (TPSA) is 101 Å². The molecule has 1 fully saturated rings. The van der Waals surface area contributed by atoms with Gasteiger partial charge < -0.3 is 10.0 Å². The molecule has 8 heteroatoms. The molecule has 0 bridgehead atoms. The van der Waals surface area contributed by atoms with Crippen molar-refractivity contribution in [3.8, 4) is 0 Å². The van der Waals surface area contributed by atoms with Crippen LogP contribution in [0.5, 0.6) is 0 Å². The van der Waals surface area contributed by atoms with Crippen molar-refractivity contribution < 1.29 is 19.6 Å². The lowest BCUT2D eigenvalue weighted by Crippen LogP contribution is -2.31. The van der Waals surface area contributed by atoms with Gasteiger partial charge in [-0.15, -0.1) is 0 Å². The molecule has 0 aliphatic carbocycles. The highest BCUT2D eigenvalue weighted by atomic mass is 79.9. The molecule has 0 aromatic heterocycles. The Kier molecular flexibility index (Phi) is 6.37. The number of ketones is 1. The second-order valence-corrected chi connectivity index (χ2v) is 8.50. The van der Waals surface area contributed by atoms with Crippen LogP contribution in [0.4, 0.5) is 5.69 Å². The molecule has 33 heavy (non-hydrogen) atoms. The van der Waals surface area contributed by atoms with E-state index in [0.29, 0.717) is 17.5 Å². The fourth-order valence-electron chi connectivity index (χ4n) is 3.89. The lowest BCUT2D eigenvalue weighted by molar-refractivity contribution is -0.384. The van der Waals surface area contributed by atoms with Crippen molar-refractivity contribution in [3.63, 3.8) is 0 Å². The molecule has 166 valence electrons. The van der Waals surface area contributed by atoms with Gasteiger partial charge in [0.15, 0.2) is 0 Å². The van der Waals surface area contributed by atoms with Gasteiger partial charge >= 0.3 is 0 Å². The van der Waals surface area contributed by atoms with Crippen LogP contribution in [0.1, 0.15) is 22.7 Å². The van der Waals surface area contributed by atoms with E-state index < -0.39 is 22.7 Å². The summed E-state index contributed by atoms with van der Waals surface area (Å²) in [7, 11) is 0. The Hall–Kier alpha value is -3.78.